The molecule has 1 heterocycles. The molecule has 5 heteroatoms. The van der Waals surface area contributed by atoms with Gasteiger partial charge in [-0.15, -0.1) is 0 Å². The standard InChI is InChI=1S/C19H31NO4/c1-2-23-19-15(8-5-11-21)16(13-9-10-13)12-17(24-19)18(22)20-14-6-3-4-7-14/h12-16,19,21H,2-11H2,1H3,(H,20,22)/t15-,16+,19+/m0/s1. The van der Waals surface area contributed by atoms with Gasteiger partial charge in [0.15, 0.2) is 5.76 Å². The van der Waals surface area contributed by atoms with Crippen LogP contribution in [0.25, 0.3) is 0 Å². The molecule has 0 aromatic carbocycles. The van der Waals surface area contributed by atoms with Crippen LogP contribution in [0, 0.1) is 17.8 Å². The van der Waals surface area contributed by atoms with Crippen molar-refractivity contribution in [2.75, 3.05) is 13.2 Å². The van der Waals surface area contributed by atoms with E-state index in [1.165, 1.54) is 25.7 Å². The predicted molar refractivity (Wildman–Crippen MR) is 91.0 cm³/mol. The number of ether oxygens (including phenoxy) is 2. The minimum absolute atomic E-state index is 0.0853. The summed E-state index contributed by atoms with van der Waals surface area (Å²) in [6, 6.07) is 0.291. The molecule has 2 N–H and O–H groups in total. The lowest BCUT2D eigenvalue weighted by Gasteiger charge is -2.37. The van der Waals surface area contributed by atoms with E-state index >= 15 is 0 Å². The molecular weight excluding hydrogens is 306 g/mol. The Labute approximate surface area is 144 Å². The van der Waals surface area contributed by atoms with Crippen LogP contribution in [0.15, 0.2) is 11.8 Å². The molecule has 0 unspecified atom stereocenters. The Balaban J connectivity index is 1.71. The number of amides is 1. The summed E-state index contributed by atoms with van der Waals surface area (Å²) in [7, 11) is 0. The molecule has 1 aliphatic heterocycles. The molecule has 2 saturated carbocycles. The molecule has 2 fully saturated rings. The minimum Gasteiger partial charge on any atom is -0.459 e. The zero-order valence-corrected chi connectivity index (χ0v) is 14.7. The second kappa shape index (κ2) is 8.34. The first-order valence-electron chi connectivity index (χ1n) is 9.64. The van der Waals surface area contributed by atoms with Gasteiger partial charge in [0.25, 0.3) is 5.91 Å². The average molecular weight is 337 g/mol. The molecule has 0 aromatic heterocycles. The van der Waals surface area contributed by atoms with E-state index < -0.39 is 0 Å². The molecule has 0 bridgehead atoms. The first kappa shape index (κ1) is 17.7. The molecule has 0 radical (unpaired) electrons. The summed E-state index contributed by atoms with van der Waals surface area (Å²) in [4.78, 5) is 12.6. The fourth-order valence-electron chi connectivity index (χ4n) is 4.13. The Morgan fingerprint density at radius 3 is 2.71 bits per heavy atom. The van der Waals surface area contributed by atoms with Crippen LogP contribution >= 0.6 is 0 Å². The van der Waals surface area contributed by atoms with E-state index in [1.54, 1.807) is 0 Å². The fraction of sp³-hybridized carbons (Fsp3) is 0.842. The Kier molecular flexibility index (Phi) is 6.17. The van der Waals surface area contributed by atoms with Crippen molar-refractivity contribution in [1.82, 2.24) is 5.32 Å². The van der Waals surface area contributed by atoms with Gasteiger partial charge < -0.3 is 19.9 Å². The Hall–Kier alpha value is -1.07. The minimum atomic E-state index is -0.374. The quantitative estimate of drug-likeness (QED) is 0.715. The van der Waals surface area contributed by atoms with Gasteiger partial charge in [0.2, 0.25) is 6.29 Å². The first-order chi connectivity index (χ1) is 11.7. The summed E-state index contributed by atoms with van der Waals surface area (Å²) < 4.78 is 11.8. The highest BCUT2D eigenvalue weighted by Gasteiger charge is 2.44. The second-order valence-corrected chi connectivity index (χ2v) is 7.37. The molecule has 0 aromatic rings. The number of allylic oxidation sites excluding steroid dienone is 1. The van der Waals surface area contributed by atoms with Gasteiger partial charge in [-0.3, -0.25) is 4.79 Å². The zero-order chi connectivity index (χ0) is 16.9. The van der Waals surface area contributed by atoms with Crippen LogP contribution in [-0.4, -0.2) is 36.6 Å². The Morgan fingerprint density at radius 2 is 2.08 bits per heavy atom. The number of hydrogen-bond acceptors (Lipinski definition) is 4. The summed E-state index contributed by atoms with van der Waals surface area (Å²) in [5.41, 5.74) is 0. The third-order valence-corrected chi connectivity index (χ3v) is 5.54. The zero-order valence-electron chi connectivity index (χ0n) is 14.7. The van der Waals surface area contributed by atoms with Crippen molar-refractivity contribution in [3.63, 3.8) is 0 Å². The van der Waals surface area contributed by atoms with Gasteiger partial charge in [0.05, 0.1) is 0 Å². The van der Waals surface area contributed by atoms with Crippen LogP contribution < -0.4 is 5.32 Å². The highest BCUT2D eigenvalue weighted by atomic mass is 16.7. The van der Waals surface area contributed by atoms with Gasteiger partial charge in [-0.2, -0.15) is 0 Å². The number of hydrogen-bond donors (Lipinski definition) is 2. The van der Waals surface area contributed by atoms with E-state index in [0.717, 1.165) is 25.7 Å². The van der Waals surface area contributed by atoms with Crippen LogP contribution in [0.1, 0.15) is 58.3 Å². The third kappa shape index (κ3) is 4.31. The molecule has 3 rings (SSSR count). The van der Waals surface area contributed by atoms with Crippen molar-refractivity contribution < 1.29 is 19.4 Å². The molecule has 0 saturated heterocycles. The van der Waals surface area contributed by atoms with Crippen molar-refractivity contribution >= 4 is 5.91 Å². The highest BCUT2D eigenvalue weighted by Crippen LogP contribution is 2.47. The van der Waals surface area contributed by atoms with Crippen molar-refractivity contribution in [1.29, 1.82) is 0 Å². The number of aliphatic hydroxyl groups is 1. The van der Waals surface area contributed by atoms with Crippen LogP contribution in [-0.2, 0) is 14.3 Å². The van der Waals surface area contributed by atoms with Gasteiger partial charge in [0, 0.05) is 25.2 Å². The van der Waals surface area contributed by atoms with Gasteiger partial charge in [-0.05, 0) is 63.4 Å². The predicted octanol–water partition coefficient (Wildman–Crippen LogP) is 2.74. The number of aliphatic hydroxyl groups excluding tert-OH is 1. The number of carbonyl (C=O) groups is 1. The van der Waals surface area contributed by atoms with E-state index in [0.29, 0.717) is 30.2 Å². The molecule has 0 spiro atoms. The SMILES string of the molecule is CCO[C@@H]1OC(C(=O)NC2CCCC2)=C[C@H](C2CC2)[C@@H]1CCCO. The van der Waals surface area contributed by atoms with E-state index in [4.69, 9.17) is 9.47 Å². The van der Waals surface area contributed by atoms with Crippen molar-refractivity contribution in [2.24, 2.45) is 17.8 Å². The summed E-state index contributed by atoms with van der Waals surface area (Å²) in [5, 5.41) is 12.3. The van der Waals surface area contributed by atoms with E-state index in [2.05, 4.69) is 5.32 Å². The topological polar surface area (TPSA) is 67.8 Å². The average Bonchev–Trinajstić information content (AvgIpc) is 3.30. The van der Waals surface area contributed by atoms with Crippen molar-refractivity contribution in [2.45, 2.75) is 70.6 Å². The molecule has 136 valence electrons. The lowest BCUT2D eigenvalue weighted by atomic mass is 9.82. The number of rotatable bonds is 8. The third-order valence-electron chi connectivity index (χ3n) is 5.54. The van der Waals surface area contributed by atoms with Gasteiger partial charge in [0.1, 0.15) is 0 Å². The normalized spacial score (nSPS) is 30.8. The highest BCUT2D eigenvalue weighted by molar-refractivity contribution is 5.91. The molecule has 2 aliphatic carbocycles. The van der Waals surface area contributed by atoms with Crippen LogP contribution in [0.5, 0.6) is 0 Å². The number of nitrogens with one attached hydrogen (secondary N) is 1. The fourth-order valence-corrected chi connectivity index (χ4v) is 4.13. The smallest absolute Gasteiger partial charge is 0.286 e. The van der Waals surface area contributed by atoms with E-state index in [-0.39, 0.29) is 24.7 Å². The van der Waals surface area contributed by atoms with Gasteiger partial charge >= 0.3 is 0 Å². The van der Waals surface area contributed by atoms with Crippen LogP contribution in [0.4, 0.5) is 0 Å². The molecule has 1 amide bonds. The monoisotopic (exact) mass is 337 g/mol. The molecule has 3 aliphatic rings. The molecule has 3 atom stereocenters. The summed E-state index contributed by atoms with van der Waals surface area (Å²) in [6.45, 7) is 2.70. The Bertz CT molecular complexity index is 454. The van der Waals surface area contributed by atoms with Crippen molar-refractivity contribution in [3.05, 3.63) is 11.8 Å². The lowest BCUT2D eigenvalue weighted by molar-refractivity contribution is -0.174. The maximum atomic E-state index is 12.6. The lowest BCUT2D eigenvalue weighted by Crippen LogP contribution is -2.42. The summed E-state index contributed by atoms with van der Waals surface area (Å²) in [5.74, 6) is 1.55. The van der Waals surface area contributed by atoms with Crippen LogP contribution in [0.2, 0.25) is 0 Å². The molecule has 5 nitrogen and oxygen atoms in total. The molecular formula is C19H31NO4. The molecule has 24 heavy (non-hydrogen) atoms. The number of carbonyl (C=O) groups excluding carboxylic acids is 1. The van der Waals surface area contributed by atoms with E-state index in [1.807, 2.05) is 13.0 Å². The maximum Gasteiger partial charge on any atom is 0.286 e. The summed E-state index contributed by atoms with van der Waals surface area (Å²) in [6.07, 6.45) is 10.2. The van der Waals surface area contributed by atoms with E-state index in [9.17, 15) is 9.90 Å². The van der Waals surface area contributed by atoms with Crippen LogP contribution in [0.3, 0.4) is 0 Å². The van der Waals surface area contributed by atoms with Gasteiger partial charge in [-0.25, -0.2) is 0 Å². The Morgan fingerprint density at radius 1 is 1.33 bits per heavy atom. The summed E-state index contributed by atoms with van der Waals surface area (Å²) >= 11 is 0. The first-order valence-corrected chi connectivity index (χ1v) is 9.64. The second-order valence-electron chi connectivity index (χ2n) is 7.37. The largest absolute Gasteiger partial charge is 0.459 e. The maximum absolute atomic E-state index is 12.6. The van der Waals surface area contributed by atoms with Crippen molar-refractivity contribution in [3.8, 4) is 0 Å². The van der Waals surface area contributed by atoms with Gasteiger partial charge in [-0.1, -0.05) is 12.8 Å².